The van der Waals surface area contributed by atoms with E-state index in [9.17, 15) is 8.42 Å². The van der Waals surface area contributed by atoms with Crippen LogP contribution in [0.25, 0.3) is 0 Å². The highest BCUT2D eigenvalue weighted by Gasteiger charge is 2.19. The molecule has 8 heteroatoms. The van der Waals surface area contributed by atoms with Crippen LogP contribution in [0.3, 0.4) is 0 Å². The molecule has 2 N–H and O–H groups in total. The van der Waals surface area contributed by atoms with E-state index in [4.69, 9.17) is 14.2 Å². The normalized spacial score (nSPS) is 12.4. The quantitative estimate of drug-likeness (QED) is 0.525. The molecule has 0 aromatic heterocycles. The molecule has 0 bridgehead atoms. The molecule has 0 aliphatic rings. The highest BCUT2D eigenvalue weighted by Crippen LogP contribution is 2.26. The third-order valence-corrected chi connectivity index (χ3v) is 5.40. The molecule has 0 heterocycles. The highest BCUT2D eigenvalue weighted by atomic mass is 32.2. The summed E-state index contributed by atoms with van der Waals surface area (Å²) in [5.41, 5.74) is 0. The molecule has 1 unspecified atom stereocenters. The molecule has 0 spiro atoms. The van der Waals surface area contributed by atoms with Gasteiger partial charge in [0.15, 0.2) is 11.5 Å². The van der Waals surface area contributed by atoms with E-state index in [0.29, 0.717) is 37.0 Å². The van der Waals surface area contributed by atoms with E-state index >= 15 is 0 Å². The fourth-order valence-electron chi connectivity index (χ4n) is 2.54. The van der Waals surface area contributed by atoms with Crippen LogP contribution in [0.2, 0.25) is 0 Å². The Hall–Kier alpha value is -2.29. The fourth-order valence-corrected chi connectivity index (χ4v) is 3.83. The zero-order valence-corrected chi connectivity index (χ0v) is 17.3. The van der Waals surface area contributed by atoms with E-state index in [0.717, 1.165) is 0 Å². The van der Waals surface area contributed by atoms with Gasteiger partial charge in [-0.1, -0.05) is 24.3 Å². The van der Waals surface area contributed by atoms with Gasteiger partial charge in [-0.15, -0.1) is 0 Å². The molecular formula is C20H28N2O5S. The average molecular weight is 409 g/mol. The van der Waals surface area contributed by atoms with Crippen LogP contribution in [0, 0.1) is 0 Å². The van der Waals surface area contributed by atoms with Gasteiger partial charge in [0.05, 0.1) is 13.7 Å². The number of ether oxygens (including phenoxy) is 3. The summed E-state index contributed by atoms with van der Waals surface area (Å²) in [6, 6.07) is 14.0. The van der Waals surface area contributed by atoms with Gasteiger partial charge in [0, 0.05) is 19.1 Å². The Morgan fingerprint density at radius 2 is 1.57 bits per heavy atom. The summed E-state index contributed by atoms with van der Waals surface area (Å²) in [6.45, 7) is 5.65. The Kier molecular flexibility index (Phi) is 8.56. The molecule has 28 heavy (non-hydrogen) atoms. The molecule has 2 rings (SSSR count). The Balaban J connectivity index is 1.78. The third kappa shape index (κ3) is 6.40. The maximum atomic E-state index is 12.5. The van der Waals surface area contributed by atoms with Crippen LogP contribution >= 0.6 is 0 Å². The van der Waals surface area contributed by atoms with Crippen LogP contribution < -0.4 is 24.2 Å². The van der Waals surface area contributed by atoms with Crippen molar-refractivity contribution in [1.82, 2.24) is 10.0 Å². The van der Waals surface area contributed by atoms with Crippen LogP contribution in [0.4, 0.5) is 0 Å². The van der Waals surface area contributed by atoms with Crippen molar-refractivity contribution in [3.8, 4) is 17.2 Å². The first-order chi connectivity index (χ1) is 13.5. The first-order valence-electron chi connectivity index (χ1n) is 9.18. The number of nitrogens with one attached hydrogen (secondary N) is 2. The Morgan fingerprint density at radius 3 is 2.21 bits per heavy atom. The van der Waals surface area contributed by atoms with Gasteiger partial charge in [-0.25, -0.2) is 13.1 Å². The lowest BCUT2D eigenvalue weighted by atomic mass is 10.3. The van der Waals surface area contributed by atoms with Gasteiger partial charge in [-0.05, 0) is 38.1 Å². The molecule has 2 aromatic carbocycles. The van der Waals surface area contributed by atoms with E-state index in [1.165, 1.54) is 13.2 Å². The van der Waals surface area contributed by atoms with Gasteiger partial charge in [-0.2, -0.15) is 0 Å². The van der Waals surface area contributed by atoms with Crippen molar-refractivity contribution in [2.24, 2.45) is 0 Å². The van der Waals surface area contributed by atoms with E-state index in [1.807, 2.05) is 38.1 Å². The largest absolute Gasteiger partial charge is 0.495 e. The minimum Gasteiger partial charge on any atom is -0.495 e. The smallest absolute Gasteiger partial charge is 0.244 e. The first kappa shape index (κ1) is 22.0. The van der Waals surface area contributed by atoms with Gasteiger partial charge in [0.2, 0.25) is 10.0 Å². The SMILES string of the molecule is CCOc1ccccc1OCCNC(C)CNS(=O)(=O)c1ccccc1OC. The maximum absolute atomic E-state index is 12.5. The lowest BCUT2D eigenvalue weighted by molar-refractivity contribution is 0.272. The molecular weight excluding hydrogens is 380 g/mol. The van der Waals surface area contributed by atoms with E-state index in [2.05, 4.69) is 10.0 Å². The number of sulfonamides is 1. The van der Waals surface area contributed by atoms with E-state index in [1.54, 1.807) is 18.2 Å². The van der Waals surface area contributed by atoms with Gasteiger partial charge in [0.1, 0.15) is 17.3 Å². The molecule has 0 saturated carbocycles. The number of hydrogen-bond acceptors (Lipinski definition) is 6. The Morgan fingerprint density at radius 1 is 0.964 bits per heavy atom. The molecule has 1 atom stereocenters. The lowest BCUT2D eigenvalue weighted by Crippen LogP contribution is -2.40. The summed E-state index contributed by atoms with van der Waals surface area (Å²) >= 11 is 0. The Bertz CT molecular complexity index is 842. The maximum Gasteiger partial charge on any atom is 0.244 e. The lowest BCUT2D eigenvalue weighted by Gasteiger charge is -2.17. The minimum atomic E-state index is -3.65. The second-order valence-corrected chi connectivity index (χ2v) is 7.82. The number of hydrogen-bond donors (Lipinski definition) is 2. The van der Waals surface area contributed by atoms with Crippen LogP contribution in [0.15, 0.2) is 53.4 Å². The van der Waals surface area contributed by atoms with Crippen molar-refractivity contribution >= 4 is 10.0 Å². The number of methoxy groups -OCH3 is 1. The van der Waals surface area contributed by atoms with Gasteiger partial charge < -0.3 is 19.5 Å². The minimum absolute atomic E-state index is 0.0739. The van der Waals surface area contributed by atoms with Crippen LogP contribution in [0.5, 0.6) is 17.2 Å². The summed E-state index contributed by atoms with van der Waals surface area (Å²) in [6.07, 6.45) is 0. The zero-order valence-electron chi connectivity index (χ0n) is 16.5. The second-order valence-electron chi connectivity index (χ2n) is 6.09. The summed E-state index contributed by atoms with van der Waals surface area (Å²) in [4.78, 5) is 0.126. The predicted molar refractivity (Wildman–Crippen MR) is 109 cm³/mol. The number of para-hydroxylation sites is 3. The summed E-state index contributed by atoms with van der Waals surface area (Å²) in [7, 11) is -2.20. The molecule has 7 nitrogen and oxygen atoms in total. The molecule has 0 aliphatic carbocycles. The van der Waals surface area contributed by atoms with Crippen LogP contribution in [0.1, 0.15) is 13.8 Å². The van der Waals surface area contributed by atoms with Crippen LogP contribution in [-0.2, 0) is 10.0 Å². The summed E-state index contributed by atoms with van der Waals surface area (Å²) in [5.74, 6) is 1.72. The van der Waals surface area contributed by atoms with Gasteiger partial charge in [0.25, 0.3) is 0 Å². The third-order valence-electron chi connectivity index (χ3n) is 3.94. The Labute approximate surface area is 167 Å². The molecule has 0 fully saturated rings. The monoisotopic (exact) mass is 408 g/mol. The predicted octanol–water partition coefficient (Wildman–Crippen LogP) is 2.43. The average Bonchev–Trinajstić information content (AvgIpc) is 2.71. The topological polar surface area (TPSA) is 85.9 Å². The van der Waals surface area contributed by atoms with Crippen LogP contribution in [-0.4, -0.2) is 47.9 Å². The molecule has 154 valence electrons. The number of benzene rings is 2. The summed E-state index contributed by atoms with van der Waals surface area (Å²) < 4.78 is 43.9. The second kappa shape index (κ2) is 10.9. The number of rotatable bonds is 12. The van der Waals surface area contributed by atoms with Crippen molar-refractivity contribution in [3.63, 3.8) is 0 Å². The van der Waals surface area contributed by atoms with Gasteiger partial charge in [-0.3, -0.25) is 0 Å². The molecule has 0 amide bonds. The van der Waals surface area contributed by atoms with E-state index < -0.39 is 10.0 Å². The summed E-state index contributed by atoms with van der Waals surface area (Å²) in [5, 5.41) is 3.23. The molecule has 2 aromatic rings. The first-order valence-corrected chi connectivity index (χ1v) is 10.7. The highest BCUT2D eigenvalue weighted by molar-refractivity contribution is 7.89. The molecule has 0 radical (unpaired) electrons. The van der Waals surface area contributed by atoms with E-state index in [-0.39, 0.29) is 17.5 Å². The molecule has 0 saturated heterocycles. The molecule has 0 aliphatic heterocycles. The van der Waals surface area contributed by atoms with Crippen molar-refractivity contribution in [3.05, 3.63) is 48.5 Å². The van der Waals surface area contributed by atoms with Crippen molar-refractivity contribution in [1.29, 1.82) is 0 Å². The fraction of sp³-hybridized carbons (Fsp3) is 0.400. The van der Waals surface area contributed by atoms with Crippen molar-refractivity contribution in [2.45, 2.75) is 24.8 Å². The van der Waals surface area contributed by atoms with Crippen molar-refractivity contribution < 1.29 is 22.6 Å². The zero-order chi connectivity index (χ0) is 20.4. The standard InChI is InChI=1S/C20H28N2O5S/c1-4-26-17-9-5-6-10-18(17)27-14-13-21-16(2)15-22-28(23,24)20-12-8-7-11-19(20)25-3/h5-12,16,21-22H,4,13-15H2,1-3H3. The van der Waals surface area contributed by atoms with Gasteiger partial charge >= 0.3 is 0 Å². The van der Waals surface area contributed by atoms with Crippen molar-refractivity contribution in [2.75, 3.05) is 33.4 Å².